The van der Waals surface area contributed by atoms with Gasteiger partial charge in [0, 0.05) is 5.56 Å². The molecule has 0 amide bonds. The van der Waals surface area contributed by atoms with Crippen molar-refractivity contribution in [3.63, 3.8) is 0 Å². The number of hydrogen-bond acceptors (Lipinski definition) is 7. The van der Waals surface area contributed by atoms with Gasteiger partial charge in [-0.3, -0.25) is 9.36 Å². The summed E-state index contributed by atoms with van der Waals surface area (Å²) >= 11 is 1.20. The van der Waals surface area contributed by atoms with E-state index in [4.69, 9.17) is 19.2 Å². The first-order valence-corrected chi connectivity index (χ1v) is 14.3. The summed E-state index contributed by atoms with van der Waals surface area (Å²) in [6.45, 7) is 8.18. The summed E-state index contributed by atoms with van der Waals surface area (Å²) in [5, 5.41) is 0. The molecule has 1 aliphatic heterocycles. The molecule has 42 heavy (non-hydrogen) atoms. The van der Waals surface area contributed by atoms with Crippen LogP contribution in [0.1, 0.15) is 36.6 Å². The predicted octanol–water partition coefficient (Wildman–Crippen LogP) is 5.04. The standard InChI is InChI=1S/C33H29FN2O5S/c1-4-18-41-25-17-12-21(19-26(25)39-5-2)20-27-31(37)36-30(23-13-15-24(34)16-14-23)28(32(38)40-6-3)29(35-33(36)42-27)22-10-8-7-9-11-22/h4,7-17,19-20,30H,1,5-6,18H2,2-3H3/b27-20-/t30-/m1/s1. The lowest BCUT2D eigenvalue weighted by atomic mass is 9.93. The maximum Gasteiger partial charge on any atom is 0.338 e. The van der Waals surface area contributed by atoms with Crippen LogP contribution in [0.5, 0.6) is 11.5 Å². The second-order valence-corrected chi connectivity index (χ2v) is 10.2. The third-order valence-electron chi connectivity index (χ3n) is 6.48. The van der Waals surface area contributed by atoms with Crippen LogP contribution in [0.25, 0.3) is 11.8 Å². The van der Waals surface area contributed by atoms with E-state index in [-0.39, 0.29) is 17.7 Å². The van der Waals surface area contributed by atoms with Gasteiger partial charge in [-0.2, -0.15) is 0 Å². The molecule has 9 heteroatoms. The molecule has 0 spiro atoms. The number of carbonyl (C=O) groups is 1. The number of aromatic nitrogens is 1. The quantitative estimate of drug-likeness (QED) is 0.193. The summed E-state index contributed by atoms with van der Waals surface area (Å²) in [5.41, 5.74) is 2.24. The number of hydrogen-bond donors (Lipinski definition) is 0. The summed E-state index contributed by atoms with van der Waals surface area (Å²) in [5.74, 6) is 0.0844. The van der Waals surface area contributed by atoms with E-state index >= 15 is 0 Å². The molecular formula is C33H29FN2O5S. The van der Waals surface area contributed by atoms with Crippen molar-refractivity contribution in [3.8, 4) is 11.5 Å². The Labute approximate surface area is 246 Å². The number of thiazole rings is 1. The Hall–Kier alpha value is -4.76. The van der Waals surface area contributed by atoms with Crippen LogP contribution < -0.4 is 24.4 Å². The number of benzene rings is 3. The van der Waals surface area contributed by atoms with Crippen LogP contribution in [0.15, 0.2) is 101 Å². The van der Waals surface area contributed by atoms with Gasteiger partial charge in [0.15, 0.2) is 16.3 Å². The number of esters is 1. The van der Waals surface area contributed by atoms with Gasteiger partial charge in [0.1, 0.15) is 12.4 Å². The minimum absolute atomic E-state index is 0.139. The smallest absolute Gasteiger partial charge is 0.338 e. The molecule has 0 radical (unpaired) electrons. The van der Waals surface area contributed by atoms with Crippen molar-refractivity contribution in [1.29, 1.82) is 0 Å². The summed E-state index contributed by atoms with van der Waals surface area (Å²) in [7, 11) is 0. The van der Waals surface area contributed by atoms with Crippen LogP contribution in [-0.2, 0) is 9.53 Å². The normalized spacial score (nSPS) is 14.6. The minimum Gasteiger partial charge on any atom is -0.490 e. The first kappa shape index (κ1) is 28.8. The molecule has 1 aromatic heterocycles. The molecule has 1 aliphatic rings. The molecule has 0 unspecified atom stereocenters. The van der Waals surface area contributed by atoms with Crippen LogP contribution in [0.2, 0.25) is 0 Å². The van der Waals surface area contributed by atoms with E-state index in [2.05, 4.69) is 6.58 Å². The Kier molecular flexibility index (Phi) is 8.78. The van der Waals surface area contributed by atoms with Gasteiger partial charge in [-0.15, -0.1) is 0 Å². The van der Waals surface area contributed by atoms with E-state index in [9.17, 15) is 14.0 Å². The maximum atomic E-state index is 14.0. The lowest BCUT2D eigenvalue weighted by molar-refractivity contribution is -0.138. The highest BCUT2D eigenvalue weighted by Gasteiger charge is 2.35. The van der Waals surface area contributed by atoms with Crippen molar-refractivity contribution in [2.24, 2.45) is 4.99 Å². The van der Waals surface area contributed by atoms with Crippen molar-refractivity contribution in [2.45, 2.75) is 19.9 Å². The van der Waals surface area contributed by atoms with Crippen LogP contribution in [0.3, 0.4) is 0 Å². The summed E-state index contributed by atoms with van der Waals surface area (Å²) in [4.78, 5) is 32.7. The fourth-order valence-corrected chi connectivity index (χ4v) is 5.70. The largest absolute Gasteiger partial charge is 0.490 e. The topological polar surface area (TPSA) is 79.1 Å². The molecule has 0 saturated heterocycles. The fraction of sp³-hybridized carbons (Fsp3) is 0.182. The number of fused-ring (bicyclic) bond motifs is 1. The molecule has 7 nitrogen and oxygen atoms in total. The molecular weight excluding hydrogens is 555 g/mol. The second kappa shape index (κ2) is 12.8. The van der Waals surface area contributed by atoms with Gasteiger partial charge in [0.25, 0.3) is 5.56 Å². The average molecular weight is 585 g/mol. The molecule has 214 valence electrons. The summed E-state index contributed by atoms with van der Waals surface area (Å²) < 4.78 is 32.8. The van der Waals surface area contributed by atoms with Gasteiger partial charge in [-0.05, 0) is 55.3 Å². The van der Waals surface area contributed by atoms with E-state index in [0.29, 0.717) is 50.9 Å². The zero-order valence-corrected chi connectivity index (χ0v) is 24.0. The number of rotatable bonds is 10. The molecule has 0 N–H and O–H groups in total. The van der Waals surface area contributed by atoms with Crippen LogP contribution in [0, 0.1) is 5.82 Å². The van der Waals surface area contributed by atoms with Crippen molar-refractivity contribution < 1.29 is 23.4 Å². The SMILES string of the molecule is C=CCOc1ccc(/C=c2\sc3n(c2=O)[C@H](c2ccc(F)cc2)C(C(=O)OCC)=C(c2ccccc2)N=3)cc1OCC. The van der Waals surface area contributed by atoms with Gasteiger partial charge in [-0.25, -0.2) is 14.2 Å². The molecule has 3 aromatic carbocycles. The predicted molar refractivity (Wildman–Crippen MR) is 161 cm³/mol. The fourth-order valence-electron chi connectivity index (χ4n) is 4.70. The maximum absolute atomic E-state index is 14.0. The lowest BCUT2D eigenvalue weighted by Crippen LogP contribution is -2.40. The number of halogens is 1. The van der Waals surface area contributed by atoms with Crippen molar-refractivity contribution in [2.75, 3.05) is 19.8 Å². The van der Waals surface area contributed by atoms with Crippen LogP contribution in [-0.4, -0.2) is 30.4 Å². The van der Waals surface area contributed by atoms with Crippen molar-refractivity contribution in [1.82, 2.24) is 4.57 Å². The average Bonchev–Trinajstić information content (AvgIpc) is 3.31. The van der Waals surface area contributed by atoms with Gasteiger partial charge in [0.2, 0.25) is 0 Å². The Morgan fingerprint density at radius 2 is 1.79 bits per heavy atom. The molecule has 0 aliphatic carbocycles. The van der Waals surface area contributed by atoms with Crippen molar-refractivity contribution in [3.05, 3.63) is 133 Å². The second-order valence-electron chi connectivity index (χ2n) is 9.22. The van der Waals surface area contributed by atoms with Crippen LogP contribution in [0.4, 0.5) is 4.39 Å². The third-order valence-corrected chi connectivity index (χ3v) is 7.46. The zero-order chi connectivity index (χ0) is 29.6. The molecule has 0 fully saturated rings. The molecule has 1 atom stereocenters. The highest BCUT2D eigenvalue weighted by molar-refractivity contribution is 7.07. The first-order chi connectivity index (χ1) is 20.4. The molecule has 0 bridgehead atoms. The van der Waals surface area contributed by atoms with Gasteiger partial charge in [-0.1, -0.05) is 72.5 Å². The highest BCUT2D eigenvalue weighted by atomic mass is 32.1. The number of nitrogens with zero attached hydrogens (tertiary/aromatic N) is 2. The minimum atomic E-state index is -0.882. The number of carbonyl (C=O) groups excluding carboxylic acids is 1. The van der Waals surface area contributed by atoms with E-state index < -0.39 is 17.8 Å². The lowest BCUT2D eigenvalue weighted by Gasteiger charge is -2.25. The Morgan fingerprint density at radius 3 is 2.48 bits per heavy atom. The van der Waals surface area contributed by atoms with Crippen molar-refractivity contribution >= 4 is 29.1 Å². The molecule has 0 saturated carbocycles. The summed E-state index contributed by atoms with van der Waals surface area (Å²) in [6.07, 6.45) is 3.40. The van der Waals surface area contributed by atoms with E-state index in [1.165, 1.54) is 28.0 Å². The highest BCUT2D eigenvalue weighted by Crippen LogP contribution is 2.35. The van der Waals surface area contributed by atoms with Crippen LogP contribution >= 0.6 is 11.3 Å². The zero-order valence-electron chi connectivity index (χ0n) is 23.2. The molecule has 5 rings (SSSR count). The Bertz CT molecular complexity index is 1820. The molecule has 2 heterocycles. The van der Waals surface area contributed by atoms with E-state index in [0.717, 1.165) is 5.56 Å². The Balaban J connectivity index is 1.74. The van der Waals surface area contributed by atoms with Gasteiger partial charge in [0.05, 0.1) is 35.1 Å². The Morgan fingerprint density at radius 1 is 1.02 bits per heavy atom. The molecule has 4 aromatic rings. The monoisotopic (exact) mass is 584 g/mol. The van der Waals surface area contributed by atoms with E-state index in [1.807, 2.05) is 43.3 Å². The van der Waals surface area contributed by atoms with Gasteiger partial charge < -0.3 is 14.2 Å². The summed E-state index contributed by atoms with van der Waals surface area (Å²) in [6, 6.07) is 19.5. The van der Waals surface area contributed by atoms with Gasteiger partial charge >= 0.3 is 5.97 Å². The van der Waals surface area contributed by atoms with E-state index in [1.54, 1.807) is 43.3 Å². The first-order valence-electron chi connectivity index (χ1n) is 13.5. The number of ether oxygens (including phenoxy) is 3. The third kappa shape index (κ3) is 5.82.